The molecule has 0 saturated carbocycles. The summed E-state index contributed by atoms with van der Waals surface area (Å²) in [6.45, 7) is 3.09. The van der Waals surface area contributed by atoms with Crippen molar-refractivity contribution >= 4 is 5.91 Å². The number of likely N-dealkylation sites (tertiary alicyclic amines) is 1. The number of pyridine rings is 1. The molecule has 0 N–H and O–H groups in total. The molecule has 29 heavy (non-hydrogen) atoms. The fraction of sp³-hybridized carbons (Fsp3) is 0.524. The van der Waals surface area contributed by atoms with Gasteiger partial charge in [-0.25, -0.2) is 4.79 Å². The smallest absolute Gasteiger partial charge is 0.331 e. The molecule has 2 bridgehead atoms. The molecule has 0 radical (unpaired) electrons. The zero-order valence-corrected chi connectivity index (χ0v) is 17.0. The number of carbonyl (C=O) groups excluding carboxylic acids is 1. The van der Waals surface area contributed by atoms with E-state index in [1.54, 1.807) is 17.0 Å². The van der Waals surface area contributed by atoms with E-state index in [2.05, 4.69) is 6.92 Å². The summed E-state index contributed by atoms with van der Waals surface area (Å²) in [5.74, 6) is -0.0592. The van der Waals surface area contributed by atoms with E-state index >= 15 is 0 Å². The molecule has 0 unspecified atom stereocenters. The summed E-state index contributed by atoms with van der Waals surface area (Å²) in [6, 6.07) is 6.65. The maximum absolute atomic E-state index is 13.3. The van der Waals surface area contributed by atoms with E-state index < -0.39 is 11.2 Å². The second-order valence-electron chi connectivity index (χ2n) is 8.19. The van der Waals surface area contributed by atoms with Gasteiger partial charge in [0.25, 0.3) is 17.0 Å². The van der Waals surface area contributed by atoms with Gasteiger partial charge in [-0.2, -0.15) is 0 Å². The summed E-state index contributed by atoms with van der Waals surface area (Å²) in [4.78, 5) is 51.9. The van der Waals surface area contributed by atoms with Crippen LogP contribution in [0.5, 0.6) is 0 Å². The lowest BCUT2D eigenvalue weighted by atomic mass is 9.77. The number of fused-ring (bicyclic) bond motifs is 4. The van der Waals surface area contributed by atoms with Gasteiger partial charge in [-0.15, -0.1) is 0 Å². The number of carbonyl (C=O) groups is 1. The molecule has 0 aliphatic carbocycles. The van der Waals surface area contributed by atoms with Gasteiger partial charge in [-0.1, -0.05) is 19.4 Å². The maximum atomic E-state index is 13.3. The standard InChI is InChI=1S/C21H26N4O4/c1-4-6-15-13-9-14(16-7-5-8-18(26)25(15)16)12-24(11-13)20(28)17-10-19(27)23(3)21(29)22(17)2/h5,7-8,10,13-15H,4,6,9,11-12H2,1-3H3/t13-,14+,15-/m0/s1. The first kappa shape index (κ1) is 19.4. The highest BCUT2D eigenvalue weighted by Gasteiger charge is 2.41. The molecule has 2 aliphatic rings. The fourth-order valence-electron chi connectivity index (χ4n) is 4.97. The Morgan fingerprint density at radius 2 is 1.83 bits per heavy atom. The minimum atomic E-state index is -0.515. The van der Waals surface area contributed by atoms with Gasteiger partial charge in [0.1, 0.15) is 5.69 Å². The van der Waals surface area contributed by atoms with Gasteiger partial charge in [0.2, 0.25) is 0 Å². The van der Waals surface area contributed by atoms with Crippen LogP contribution in [-0.2, 0) is 14.1 Å². The largest absolute Gasteiger partial charge is 0.336 e. The fourth-order valence-corrected chi connectivity index (χ4v) is 4.97. The van der Waals surface area contributed by atoms with Crippen LogP contribution in [0.4, 0.5) is 0 Å². The van der Waals surface area contributed by atoms with E-state index in [9.17, 15) is 19.2 Å². The minimum absolute atomic E-state index is 0.0179. The van der Waals surface area contributed by atoms with Crippen molar-refractivity contribution in [2.24, 2.45) is 20.0 Å². The summed E-state index contributed by atoms with van der Waals surface area (Å²) < 4.78 is 4.15. The lowest BCUT2D eigenvalue weighted by Gasteiger charge is -2.47. The number of amides is 1. The van der Waals surface area contributed by atoms with E-state index in [4.69, 9.17) is 0 Å². The van der Waals surface area contributed by atoms with Gasteiger partial charge < -0.3 is 9.47 Å². The zero-order valence-electron chi connectivity index (χ0n) is 17.0. The summed E-state index contributed by atoms with van der Waals surface area (Å²) in [5, 5.41) is 0. The first-order chi connectivity index (χ1) is 13.8. The molecular formula is C21H26N4O4. The topological polar surface area (TPSA) is 86.3 Å². The molecule has 4 rings (SSSR count). The molecule has 0 spiro atoms. The molecule has 1 amide bonds. The molecular weight excluding hydrogens is 372 g/mol. The SMILES string of the molecule is CCC[C@H]1[C@H]2C[C@H](CN(C(=O)c3cc(=O)n(C)c(=O)n3C)C2)c2cccc(=O)n21. The van der Waals surface area contributed by atoms with E-state index in [0.29, 0.717) is 13.1 Å². The Balaban J connectivity index is 1.74. The quantitative estimate of drug-likeness (QED) is 0.767. The van der Waals surface area contributed by atoms with Crippen LogP contribution in [0.1, 0.15) is 54.3 Å². The average molecular weight is 398 g/mol. The molecule has 2 aromatic heterocycles. The molecule has 2 aromatic rings. The third-order valence-corrected chi connectivity index (χ3v) is 6.42. The van der Waals surface area contributed by atoms with Crippen LogP contribution in [0, 0.1) is 5.92 Å². The van der Waals surface area contributed by atoms with Gasteiger partial charge >= 0.3 is 5.69 Å². The number of aromatic nitrogens is 3. The van der Waals surface area contributed by atoms with Gasteiger partial charge in [0.05, 0.1) is 0 Å². The Labute approximate surface area is 168 Å². The van der Waals surface area contributed by atoms with Crippen molar-refractivity contribution in [1.82, 2.24) is 18.6 Å². The Hall–Kier alpha value is -2.90. The first-order valence-electron chi connectivity index (χ1n) is 10.1. The Morgan fingerprint density at radius 3 is 2.55 bits per heavy atom. The highest BCUT2D eigenvalue weighted by Crippen LogP contribution is 2.42. The first-order valence-corrected chi connectivity index (χ1v) is 10.1. The van der Waals surface area contributed by atoms with Gasteiger partial charge in [-0.3, -0.25) is 23.5 Å². The second kappa shape index (κ2) is 7.17. The lowest BCUT2D eigenvalue weighted by molar-refractivity contribution is 0.0508. The normalized spacial score (nSPS) is 23.0. The van der Waals surface area contributed by atoms with Gasteiger partial charge in [0.15, 0.2) is 0 Å². The average Bonchev–Trinajstić information content (AvgIpc) is 2.71. The van der Waals surface area contributed by atoms with E-state index in [-0.39, 0.29) is 35.0 Å². The van der Waals surface area contributed by atoms with Crippen molar-refractivity contribution < 1.29 is 4.79 Å². The molecule has 1 saturated heterocycles. The Morgan fingerprint density at radius 1 is 1.07 bits per heavy atom. The number of piperidine rings is 1. The molecule has 154 valence electrons. The Bertz CT molecular complexity index is 1140. The van der Waals surface area contributed by atoms with E-state index in [1.165, 1.54) is 24.7 Å². The molecule has 4 heterocycles. The number of rotatable bonds is 3. The molecule has 1 fully saturated rings. The number of nitrogens with zero attached hydrogens (tertiary/aromatic N) is 4. The van der Waals surface area contributed by atoms with Gasteiger partial charge in [-0.05, 0) is 24.8 Å². The summed E-state index contributed by atoms with van der Waals surface area (Å²) in [5.41, 5.74) is 0.0933. The maximum Gasteiger partial charge on any atom is 0.331 e. The van der Waals surface area contributed by atoms with E-state index in [1.807, 2.05) is 10.6 Å². The van der Waals surface area contributed by atoms with Crippen LogP contribution < -0.4 is 16.8 Å². The van der Waals surface area contributed by atoms with Crippen molar-refractivity contribution in [2.75, 3.05) is 13.1 Å². The Kier molecular flexibility index (Phi) is 4.80. The van der Waals surface area contributed by atoms with Crippen LogP contribution in [0.25, 0.3) is 0 Å². The molecule has 8 nitrogen and oxygen atoms in total. The highest BCUT2D eigenvalue weighted by molar-refractivity contribution is 5.92. The predicted octanol–water partition coefficient (Wildman–Crippen LogP) is 0.846. The van der Waals surface area contributed by atoms with Crippen LogP contribution in [0.15, 0.2) is 38.6 Å². The minimum Gasteiger partial charge on any atom is -0.336 e. The van der Waals surface area contributed by atoms with Crippen molar-refractivity contribution in [2.45, 2.75) is 38.1 Å². The predicted molar refractivity (Wildman–Crippen MR) is 108 cm³/mol. The van der Waals surface area contributed by atoms with Crippen molar-refractivity contribution in [3.8, 4) is 0 Å². The van der Waals surface area contributed by atoms with E-state index in [0.717, 1.165) is 29.5 Å². The van der Waals surface area contributed by atoms with Crippen LogP contribution in [0.2, 0.25) is 0 Å². The summed E-state index contributed by atoms with van der Waals surface area (Å²) >= 11 is 0. The molecule has 2 aliphatic heterocycles. The van der Waals surface area contributed by atoms with Crippen LogP contribution >= 0.6 is 0 Å². The monoisotopic (exact) mass is 398 g/mol. The number of hydrogen-bond donors (Lipinski definition) is 0. The summed E-state index contributed by atoms with van der Waals surface area (Å²) in [6.07, 6.45) is 2.76. The summed E-state index contributed by atoms with van der Waals surface area (Å²) in [7, 11) is 2.91. The van der Waals surface area contributed by atoms with Crippen molar-refractivity contribution in [3.63, 3.8) is 0 Å². The third-order valence-electron chi connectivity index (χ3n) is 6.42. The second-order valence-corrected chi connectivity index (χ2v) is 8.19. The van der Waals surface area contributed by atoms with Crippen LogP contribution in [0.3, 0.4) is 0 Å². The van der Waals surface area contributed by atoms with Gasteiger partial charge in [0, 0.05) is 57.0 Å². The zero-order chi connectivity index (χ0) is 20.9. The molecule has 3 atom stereocenters. The molecule has 0 aromatic carbocycles. The lowest BCUT2D eigenvalue weighted by Crippen LogP contribution is -2.52. The van der Waals surface area contributed by atoms with Crippen molar-refractivity contribution in [1.29, 1.82) is 0 Å². The van der Waals surface area contributed by atoms with Crippen molar-refractivity contribution in [3.05, 3.63) is 66.8 Å². The molecule has 8 heteroatoms. The van der Waals surface area contributed by atoms with Crippen LogP contribution in [-0.4, -0.2) is 37.6 Å². The third kappa shape index (κ3) is 3.07. The highest BCUT2D eigenvalue weighted by atomic mass is 16.2. The number of hydrogen-bond acceptors (Lipinski definition) is 4.